The van der Waals surface area contributed by atoms with Gasteiger partial charge in [0.2, 0.25) is 0 Å². The molecule has 1 aromatic carbocycles. The fraction of sp³-hybridized carbons (Fsp3) is 0.421. The average molecular weight is 392 g/mol. The molecular formula is C19H22ClN3O4. The molecule has 0 aliphatic carbocycles. The number of esters is 1. The average Bonchev–Trinajstić information content (AvgIpc) is 2.86. The number of nitrogens with one attached hydrogen (secondary N) is 1. The molecule has 7 nitrogen and oxygen atoms in total. The molecule has 1 N–H and O–H groups in total. The Labute approximate surface area is 162 Å². The molecule has 1 aromatic heterocycles. The number of carbonyl (C=O) groups excluding carboxylic acids is 2. The van der Waals surface area contributed by atoms with E-state index in [4.69, 9.17) is 21.1 Å². The van der Waals surface area contributed by atoms with Crippen LogP contribution < -0.4 is 10.1 Å². The fourth-order valence-corrected chi connectivity index (χ4v) is 3.21. The van der Waals surface area contributed by atoms with Gasteiger partial charge in [-0.3, -0.25) is 14.3 Å². The van der Waals surface area contributed by atoms with E-state index in [1.54, 1.807) is 43.8 Å². The highest BCUT2D eigenvalue weighted by Gasteiger charge is 2.30. The number of benzene rings is 1. The molecule has 3 rings (SSSR count). The van der Waals surface area contributed by atoms with E-state index >= 15 is 0 Å². The minimum Gasteiger partial charge on any atom is -0.492 e. The van der Waals surface area contributed by atoms with Crippen LogP contribution in [0.25, 0.3) is 0 Å². The minimum absolute atomic E-state index is 0.211. The van der Waals surface area contributed by atoms with Gasteiger partial charge in [-0.1, -0.05) is 11.6 Å². The second-order valence-corrected chi connectivity index (χ2v) is 7.14. The van der Waals surface area contributed by atoms with Crippen molar-refractivity contribution in [3.8, 4) is 5.75 Å². The van der Waals surface area contributed by atoms with Crippen LogP contribution in [-0.4, -0.2) is 34.4 Å². The maximum absolute atomic E-state index is 12.5. The number of nitrogens with zero attached hydrogens (tertiary/aromatic N) is 2. The topological polar surface area (TPSA) is 82.5 Å². The zero-order chi connectivity index (χ0) is 19.7. The Morgan fingerprint density at radius 1 is 1.41 bits per heavy atom. The summed E-state index contributed by atoms with van der Waals surface area (Å²) in [5, 5.41) is 7.62. The standard InChI is InChI=1S/C19H22ClN3O4/c1-10-17(11(2)23(4)22-10)21-18(24)12(3)27-19(25)14-7-13-8-15(20)5-6-16(13)26-9-14/h5-6,8,12,14H,7,9H2,1-4H3,(H,21,24)/t12-,14-/m0/s1. The number of rotatable bonds is 4. The van der Waals surface area contributed by atoms with Crippen molar-refractivity contribution in [1.29, 1.82) is 0 Å². The molecule has 2 aromatic rings. The van der Waals surface area contributed by atoms with Crippen LogP contribution in [-0.2, 0) is 27.8 Å². The summed E-state index contributed by atoms with van der Waals surface area (Å²) >= 11 is 6.00. The number of aromatic nitrogens is 2. The van der Waals surface area contributed by atoms with Gasteiger partial charge in [0.25, 0.3) is 5.91 Å². The van der Waals surface area contributed by atoms with Gasteiger partial charge in [-0.2, -0.15) is 5.10 Å². The lowest BCUT2D eigenvalue weighted by Gasteiger charge is -2.25. The van der Waals surface area contributed by atoms with E-state index in [-0.39, 0.29) is 6.61 Å². The summed E-state index contributed by atoms with van der Waals surface area (Å²) in [6.45, 7) is 5.42. The molecule has 1 aliphatic heterocycles. The number of halogens is 1. The zero-order valence-corrected chi connectivity index (χ0v) is 16.5. The molecule has 0 saturated carbocycles. The monoisotopic (exact) mass is 391 g/mol. The van der Waals surface area contributed by atoms with Gasteiger partial charge in [-0.15, -0.1) is 0 Å². The van der Waals surface area contributed by atoms with E-state index < -0.39 is 23.9 Å². The number of anilines is 1. The van der Waals surface area contributed by atoms with Gasteiger partial charge in [-0.05, 0) is 51.0 Å². The third-order valence-electron chi connectivity index (χ3n) is 4.68. The Kier molecular flexibility index (Phi) is 5.41. The van der Waals surface area contributed by atoms with Crippen molar-refractivity contribution in [3.63, 3.8) is 0 Å². The Balaban J connectivity index is 1.61. The third-order valence-corrected chi connectivity index (χ3v) is 4.92. The molecule has 1 amide bonds. The van der Waals surface area contributed by atoms with E-state index in [0.29, 0.717) is 22.8 Å². The number of aryl methyl sites for hydroxylation is 2. The van der Waals surface area contributed by atoms with Crippen molar-refractivity contribution in [2.24, 2.45) is 13.0 Å². The highest BCUT2D eigenvalue weighted by molar-refractivity contribution is 6.30. The van der Waals surface area contributed by atoms with Crippen LogP contribution >= 0.6 is 11.6 Å². The van der Waals surface area contributed by atoms with E-state index in [2.05, 4.69) is 10.4 Å². The molecule has 0 bridgehead atoms. The molecule has 2 atom stereocenters. The Morgan fingerprint density at radius 2 is 2.15 bits per heavy atom. The summed E-state index contributed by atoms with van der Waals surface area (Å²) < 4.78 is 12.7. The predicted molar refractivity (Wildman–Crippen MR) is 101 cm³/mol. The van der Waals surface area contributed by atoms with Crippen LogP contribution in [0, 0.1) is 19.8 Å². The second kappa shape index (κ2) is 7.60. The SMILES string of the molecule is Cc1nn(C)c(C)c1NC(=O)[C@H](C)OC(=O)[C@@H]1COc2ccc(Cl)cc2C1. The largest absolute Gasteiger partial charge is 0.492 e. The predicted octanol–water partition coefficient (Wildman–Crippen LogP) is 2.81. The molecule has 0 fully saturated rings. The van der Waals surface area contributed by atoms with Crippen LogP contribution in [0.3, 0.4) is 0 Å². The summed E-state index contributed by atoms with van der Waals surface area (Å²) in [6, 6.07) is 5.31. The number of hydrogen-bond acceptors (Lipinski definition) is 5. The molecule has 0 spiro atoms. The molecule has 144 valence electrons. The minimum atomic E-state index is -0.933. The van der Waals surface area contributed by atoms with Gasteiger partial charge in [0.15, 0.2) is 6.10 Å². The Morgan fingerprint density at radius 3 is 2.81 bits per heavy atom. The molecule has 8 heteroatoms. The zero-order valence-electron chi connectivity index (χ0n) is 15.7. The first-order chi connectivity index (χ1) is 12.8. The quantitative estimate of drug-likeness (QED) is 0.810. The molecule has 0 unspecified atom stereocenters. The fourth-order valence-electron chi connectivity index (χ4n) is 3.02. The van der Waals surface area contributed by atoms with Crippen molar-refractivity contribution in [1.82, 2.24) is 9.78 Å². The van der Waals surface area contributed by atoms with E-state index in [1.165, 1.54) is 0 Å². The summed E-state index contributed by atoms with van der Waals surface area (Å²) in [4.78, 5) is 24.9. The van der Waals surface area contributed by atoms with Gasteiger partial charge in [-0.25, -0.2) is 0 Å². The van der Waals surface area contributed by atoms with Crippen molar-refractivity contribution < 1.29 is 19.1 Å². The van der Waals surface area contributed by atoms with Crippen LogP contribution in [0.15, 0.2) is 18.2 Å². The summed E-state index contributed by atoms with van der Waals surface area (Å²) in [5.41, 5.74) is 3.02. The van der Waals surface area contributed by atoms with Crippen LogP contribution in [0.1, 0.15) is 23.9 Å². The van der Waals surface area contributed by atoms with Crippen molar-refractivity contribution in [3.05, 3.63) is 40.2 Å². The molecule has 2 heterocycles. The van der Waals surface area contributed by atoms with Gasteiger partial charge >= 0.3 is 5.97 Å². The van der Waals surface area contributed by atoms with E-state index in [0.717, 1.165) is 17.0 Å². The summed E-state index contributed by atoms with van der Waals surface area (Å²) in [5.74, 6) is -0.629. The lowest BCUT2D eigenvalue weighted by molar-refractivity contribution is -0.158. The second-order valence-electron chi connectivity index (χ2n) is 6.70. The van der Waals surface area contributed by atoms with Crippen molar-refractivity contribution >= 4 is 29.2 Å². The van der Waals surface area contributed by atoms with Gasteiger partial charge in [0, 0.05) is 12.1 Å². The number of amides is 1. The highest BCUT2D eigenvalue weighted by atomic mass is 35.5. The first-order valence-corrected chi connectivity index (χ1v) is 9.07. The van der Waals surface area contributed by atoms with Gasteiger partial charge in [0.05, 0.1) is 23.0 Å². The molecule has 0 saturated heterocycles. The summed E-state index contributed by atoms with van der Waals surface area (Å²) in [6.07, 6.45) is -0.471. The maximum atomic E-state index is 12.5. The Hall–Kier alpha value is -2.54. The number of hydrogen-bond donors (Lipinski definition) is 1. The van der Waals surface area contributed by atoms with Crippen LogP contribution in [0.2, 0.25) is 5.02 Å². The lowest BCUT2D eigenvalue weighted by Crippen LogP contribution is -2.36. The lowest BCUT2D eigenvalue weighted by atomic mass is 9.97. The number of carbonyl (C=O) groups is 2. The first kappa shape index (κ1) is 19.2. The molecule has 27 heavy (non-hydrogen) atoms. The first-order valence-electron chi connectivity index (χ1n) is 8.69. The van der Waals surface area contributed by atoms with Gasteiger partial charge < -0.3 is 14.8 Å². The molecule has 0 radical (unpaired) electrons. The van der Waals surface area contributed by atoms with E-state index in [9.17, 15) is 9.59 Å². The number of ether oxygens (including phenoxy) is 2. The van der Waals surface area contributed by atoms with Gasteiger partial charge in [0.1, 0.15) is 12.4 Å². The number of fused-ring (bicyclic) bond motifs is 1. The third kappa shape index (κ3) is 4.08. The maximum Gasteiger partial charge on any atom is 0.313 e. The van der Waals surface area contributed by atoms with Crippen molar-refractivity contribution in [2.45, 2.75) is 33.3 Å². The van der Waals surface area contributed by atoms with Crippen molar-refractivity contribution in [2.75, 3.05) is 11.9 Å². The molecular weight excluding hydrogens is 370 g/mol. The summed E-state index contributed by atoms with van der Waals surface area (Å²) in [7, 11) is 1.80. The molecule has 1 aliphatic rings. The normalized spacial score (nSPS) is 16.9. The van der Waals surface area contributed by atoms with Crippen LogP contribution in [0.4, 0.5) is 5.69 Å². The van der Waals surface area contributed by atoms with E-state index in [1.807, 2.05) is 6.92 Å². The smallest absolute Gasteiger partial charge is 0.313 e. The highest BCUT2D eigenvalue weighted by Crippen LogP contribution is 2.30. The van der Waals surface area contributed by atoms with Crippen LogP contribution in [0.5, 0.6) is 5.75 Å². The Bertz CT molecular complexity index is 893.